The number of aromatic nitrogens is 1. The third-order valence-corrected chi connectivity index (χ3v) is 7.59. The summed E-state index contributed by atoms with van der Waals surface area (Å²) in [5, 5.41) is 1.07. The van der Waals surface area contributed by atoms with Gasteiger partial charge in [0.25, 0.3) is 0 Å². The summed E-state index contributed by atoms with van der Waals surface area (Å²) in [7, 11) is 1.70. The van der Waals surface area contributed by atoms with Crippen molar-refractivity contribution < 1.29 is 19.1 Å². The first kappa shape index (κ1) is 21.1. The van der Waals surface area contributed by atoms with Crippen molar-refractivity contribution in [3.8, 4) is 11.5 Å². The van der Waals surface area contributed by atoms with E-state index >= 15 is 0 Å². The second-order valence-electron chi connectivity index (χ2n) is 9.74. The van der Waals surface area contributed by atoms with Gasteiger partial charge < -0.3 is 23.8 Å². The number of likely N-dealkylation sites (N-methyl/N-ethyl adjacent to an activating group) is 1. The van der Waals surface area contributed by atoms with Gasteiger partial charge in [-0.1, -0.05) is 48.5 Å². The molecular weight excluding hydrogens is 454 g/mol. The third kappa shape index (κ3) is 3.12. The van der Waals surface area contributed by atoms with Crippen LogP contribution in [0.4, 0.5) is 0 Å². The van der Waals surface area contributed by atoms with Crippen molar-refractivity contribution in [1.29, 1.82) is 0 Å². The van der Waals surface area contributed by atoms with Crippen LogP contribution in [0.1, 0.15) is 28.3 Å². The summed E-state index contributed by atoms with van der Waals surface area (Å²) in [6, 6.07) is 21.6. The van der Waals surface area contributed by atoms with Crippen molar-refractivity contribution in [2.24, 2.45) is 0 Å². The monoisotopic (exact) mass is 479 g/mol. The van der Waals surface area contributed by atoms with Gasteiger partial charge in [0, 0.05) is 42.7 Å². The van der Waals surface area contributed by atoms with E-state index in [1.807, 2.05) is 47.4 Å². The van der Waals surface area contributed by atoms with E-state index < -0.39 is 12.1 Å². The van der Waals surface area contributed by atoms with E-state index in [4.69, 9.17) is 9.47 Å². The lowest BCUT2D eigenvalue weighted by molar-refractivity contribution is -0.157. The van der Waals surface area contributed by atoms with Crippen LogP contribution in [0.25, 0.3) is 10.9 Å². The first-order valence-electron chi connectivity index (χ1n) is 12.2. The Kier molecular flexibility index (Phi) is 4.61. The summed E-state index contributed by atoms with van der Waals surface area (Å²) in [5.41, 5.74) is 5.30. The SMILES string of the molecule is CN1CC(=O)N2[C@H](c3cn(Cc4ccccc4)c4ccccc34)c3cc4c(cc3C[C@H]2C1=O)OCO4. The summed E-state index contributed by atoms with van der Waals surface area (Å²) in [6.07, 6.45) is 2.61. The highest BCUT2D eigenvalue weighted by molar-refractivity contribution is 5.97. The van der Waals surface area contributed by atoms with Crippen LogP contribution in [0.5, 0.6) is 11.5 Å². The minimum atomic E-state index is -0.551. The van der Waals surface area contributed by atoms with Crippen LogP contribution in [0, 0.1) is 0 Å². The van der Waals surface area contributed by atoms with Gasteiger partial charge in [-0.25, -0.2) is 0 Å². The number of piperazine rings is 1. The van der Waals surface area contributed by atoms with Crippen LogP contribution < -0.4 is 9.47 Å². The van der Waals surface area contributed by atoms with Crippen LogP contribution in [-0.2, 0) is 22.6 Å². The molecule has 1 aromatic heterocycles. The Labute approximate surface area is 208 Å². The molecule has 2 atom stereocenters. The number of fused-ring (bicyclic) bond motifs is 4. The molecular formula is C29H25N3O4. The van der Waals surface area contributed by atoms with E-state index in [-0.39, 0.29) is 25.2 Å². The molecule has 36 heavy (non-hydrogen) atoms. The summed E-state index contributed by atoms with van der Waals surface area (Å²) in [4.78, 5) is 30.2. The van der Waals surface area contributed by atoms with E-state index in [0.29, 0.717) is 24.5 Å². The quantitative estimate of drug-likeness (QED) is 0.449. The summed E-state index contributed by atoms with van der Waals surface area (Å²) in [6.45, 7) is 0.961. The minimum absolute atomic E-state index is 0.0315. The highest BCUT2D eigenvalue weighted by atomic mass is 16.7. The lowest BCUT2D eigenvalue weighted by Crippen LogP contribution is -2.62. The van der Waals surface area contributed by atoms with Crippen LogP contribution in [-0.4, -0.2) is 52.6 Å². The summed E-state index contributed by atoms with van der Waals surface area (Å²) >= 11 is 0. The van der Waals surface area contributed by atoms with E-state index in [1.54, 1.807) is 7.05 Å². The smallest absolute Gasteiger partial charge is 0.245 e. The fourth-order valence-electron chi connectivity index (χ4n) is 5.93. The van der Waals surface area contributed by atoms with Gasteiger partial charge in [0.1, 0.15) is 6.04 Å². The number of hydrogen-bond donors (Lipinski definition) is 0. The number of carbonyl (C=O) groups excluding carboxylic acids is 2. The molecule has 7 rings (SSSR count). The fourth-order valence-corrected chi connectivity index (χ4v) is 5.93. The van der Waals surface area contributed by atoms with Crippen molar-refractivity contribution in [1.82, 2.24) is 14.4 Å². The molecule has 0 saturated carbocycles. The molecule has 4 heterocycles. The van der Waals surface area contributed by atoms with Gasteiger partial charge >= 0.3 is 0 Å². The van der Waals surface area contributed by atoms with Gasteiger partial charge in [-0.2, -0.15) is 0 Å². The van der Waals surface area contributed by atoms with Gasteiger partial charge in [0.2, 0.25) is 18.6 Å². The lowest BCUT2D eigenvalue weighted by Gasteiger charge is -2.47. The highest BCUT2D eigenvalue weighted by Gasteiger charge is 2.47. The number of benzene rings is 3. The van der Waals surface area contributed by atoms with Gasteiger partial charge in [-0.05, 0) is 34.9 Å². The zero-order valence-electron chi connectivity index (χ0n) is 19.9. The molecule has 7 nitrogen and oxygen atoms in total. The molecule has 0 spiro atoms. The number of para-hydroxylation sites is 1. The van der Waals surface area contributed by atoms with Gasteiger partial charge in [-0.3, -0.25) is 9.59 Å². The summed E-state index contributed by atoms with van der Waals surface area (Å²) < 4.78 is 13.6. The summed E-state index contributed by atoms with van der Waals surface area (Å²) in [5.74, 6) is 1.29. The standard InChI is InChI=1S/C29H25N3O4/c1-30-16-27(33)32-24(29(30)34)11-19-12-25-26(36-17-35-25)13-21(19)28(32)22-15-31(14-18-7-3-2-4-8-18)23-10-6-5-9-20(22)23/h2-10,12-13,15,24,28H,11,14,16-17H2,1H3/t24-,28-/m0/s1. The third-order valence-electron chi connectivity index (χ3n) is 7.59. The Morgan fingerprint density at radius 1 is 0.917 bits per heavy atom. The molecule has 3 aliphatic heterocycles. The highest BCUT2D eigenvalue weighted by Crippen LogP contribution is 2.47. The number of amides is 2. The topological polar surface area (TPSA) is 64.0 Å². The maximum atomic E-state index is 13.5. The fraction of sp³-hybridized carbons (Fsp3) is 0.241. The van der Waals surface area contributed by atoms with E-state index in [2.05, 4.69) is 35.0 Å². The Hall–Kier alpha value is -4.26. The Morgan fingerprint density at radius 2 is 1.67 bits per heavy atom. The first-order valence-corrected chi connectivity index (χ1v) is 12.2. The predicted octanol–water partition coefficient (Wildman–Crippen LogP) is 3.73. The van der Waals surface area contributed by atoms with Crippen molar-refractivity contribution in [3.05, 3.63) is 95.2 Å². The zero-order valence-corrected chi connectivity index (χ0v) is 19.9. The maximum Gasteiger partial charge on any atom is 0.245 e. The van der Waals surface area contributed by atoms with Gasteiger partial charge in [0.15, 0.2) is 11.5 Å². The minimum Gasteiger partial charge on any atom is -0.454 e. The van der Waals surface area contributed by atoms with Crippen LogP contribution in [0.15, 0.2) is 72.9 Å². The second kappa shape index (κ2) is 7.88. The maximum absolute atomic E-state index is 13.5. The largest absolute Gasteiger partial charge is 0.454 e. The lowest BCUT2D eigenvalue weighted by atomic mass is 9.82. The van der Waals surface area contributed by atoms with Crippen LogP contribution >= 0.6 is 0 Å². The second-order valence-corrected chi connectivity index (χ2v) is 9.74. The Morgan fingerprint density at radius 3 is 2.50 bits per heavy atom. The number of hydrogen-bond acceptors (Lipinski definition) is 4. The molecule has 4 aromatic rings. The average molecular weight is 480 g/mol. The number of nitrogens with zero attached hydrogens (tertiary/aromatic N) is 3. The molecule has 3 aliphatic rings. The van der Waals surface area contributed by atoms with Gasteiger partial charge in [-0.15, -0.1) is 0 Å². The molecule has 7 heteroatoms. The number of carbonyl (C=O) groups is 2. The van der Waals surface area contributed by atoms with E-state index in [9.17, 15) is 9.59 Å². The first-order chi connectivity index (χ1) is 17.6. The van der Waals surface area contributed by atoms with Crippen molar-refractivity contribution in [3.63, 3.8) is 0 Å². The molecule has 0 unspecified atom stereocenters. The molecule has 180 valence electrons. The van der Waals surface area contributed by atoms with E-state index in [1.165, 1.54) is 10.5 Å². The Balaban J connectivity index is 1.44. The van der Waals surface area contributed by atoms with Crippen molar-refractivity contribution in [2.75, 3.05) is 20.4 Å². The van der Waals surface area contributed by atoms with E-state index in [0.717, 1.165) is 27.6 Å². The van der Waals surface area contributed by atoms with Crippen LogP contribution in [0.3, 0.4) is 0 Å². The number of ether oxygens (including phenoxy) is 2. The van der Waals surface area contributed by atoms with Gasteiger partial charge in [0.05, 0.1) is 12.6 Å². The number of rotatable bonds is 3. The molecule has 0 bridgehead atoms. The molecule has 0 aliphatic carbocycles. The van der Waals surface area contributed by atoms with Crippen molar-refractivity contribution in [2.45, 2.75) is 25.0 Å². The predicted molar refractivity (Wildman–Crippen MR) is 134 cm³/mol. The molecule has 0 radical (unpaired) electrons. The molecule has 0 N–H and O–H groups in total. The van der Waals surface area contributed by atoms with Crippen LogP contribution in [0.2, 0.25) is 0 Å². The molecule has 1 fully saturated rings. The zero-order chi connectivity index (χ0) is 24.4. The average Bonchev–Trinajstić information content (AvgIpc) is 3.50. The molecule has 3 aromatic carbocycles. The molecule has 1 saturated heterocycles. The van der Waals surface area contributed by atoms with Crippen molar-refractivity contribution >= 4 is 22.7 Å². The normalized spacial score (nSPS) is 20.6. The Bertz CT molecular complexity index is 1530. The molecule has 2 amide bonds.